The second kappa shape index (κ2) is 3.68. The van der Waals surface area contributed by atoms with E-state index in [1.165, 1.54) is 12.3 Å². The highest BCUT2D eigenvalue weighted by atomic mass is 32.2. The van der Waals surface area contributed by atoms with Crippen LogP contribution in [0, 0.1) is 0 Å². The maximum atomic E-state index is 11.6. The third-order valence-corrected chi connectivity index (χ3v) is 3.60. The molecule has 0 bridgehead atoms. The summed E-state index contributed by atoms with van der Waals surface area (Å²) in [4.78, 5) is 0. The molecule has 1 fully saturated rings. The normalized spacial score (nSPS) is 22.7. The predicted molar refractivity (Wildman–Crippen MR) is 50.2 cm³/mol. The van der Waals surface area contributed by atoms with Crippen LogP contribution in [0.2, 0.25) is 0 Å². The quantitative estimate of drug-likeness (QED) is 0.608. The Morgan fingerprint density at radius 1 is 1.57 bits per heavy atom. The zero-order chi connectivity index (χ0) is 10.0. The molecule has 0 aromatic carbocycles. The van der Waals surface area contributed by atoms with Gasteiger partial charge < -0.3 is 5.32 Å². The molecule has 1 saturated heterocycles. The largest absolute Gasteiger partial charge is 0.315 e. The average Bonchev–Trinajstić information content (AvgIpc) is 2.71. The minimum atomic E-state index is -3.41. The van der Waals surface area contributed by atoms with E-state index in [4.69, 9.17) is 0 Å². The lowest BCUT2D eigenvalue weighted by Crippen LogP contribution is -2.36. The molecule has 6 nitrogen and oxygen atoms in total. The van der Waals surface area contributed by atoms with Crippen LogP contribution in [0.4, 0.5) is 0 Å². The van der Waals surface area contributed by atoms with Crippen LogP contribution < -0.4 is 10.0 Å². The lowest BCUT2D eigenvalue weighted by Gasteiger charge is -2.09. The van der Waals surface area contributed by atoms with E-state index in [9.17, 15) is 8.42 Å². The van der Waals surface area contributed by atoms with Crippen LogP contribution in [0.3, 0.4) is 0 Å². The smallest absolute Gasteiger partial charge is 0.257 e. The number of H-pyrrole nitrogens is 1. The van der Waals surface area contributed by atoms with Gasteiger partial charge in [0, 0.05) is 12.6 Å². The standard InChI is InChI=1S/C7H12N4O2S/c12-14(13,7-2-4-9-10-7)11-6-1-3-8-5-6/h2,4,6,8,11H,1,3,5H2,(H,9,10). The van der Waals surface area contributed by atoms with Crippen molar-refractivity contribution in [2.24, 2.45) is 0 Å². The molecular weight excluding hydrogens is 204 g/mol. The van der Waals surface area contributed by atoms with Gasteiger partial charge in [0.1, 0.15) is 0 Å². The molecule has 0 aliphatic carbocycles. The van der Waals surface area contributed by atoms with Crippen molar-refractivity contribution in [1.82, 2.24) is 20.2 Å². The molecule has 1 aromatic rings. The molecule has 3 N–H and O–H groups in total. The van der Waals surface area contributed by atoms with Gasteiger partial charge in [-0.3, -0.25) is 5.10 Å². The molecule has 1 aliphatic rings. The highest BCUT2D eigenvalue weighted by Crippen LogP contribution is 2.06. The van der Waals surface area contributed by atoms with Crippen LogP contribution >= 0.6 is 0 Å². The highest BCUT2D eigenvalue weighted by Gasteiger charge is 2.23. The van der Waals surface area contributed by atoms with Crippen LogP contribution in [-0.2, 0) is 10.0 Å². The van der Waals surface area contributed by atoms with Crippen molar-refractivity contribution in [3.05, 3.63) is 12.3 Å². The Bertz CT molecular complexity index is 380. The summed E-state index contributed by atoms with van der Waals surface area (Å²) in [5, 5.41) is 9.24. The lowest BCUT2D eigenvalue weighted by atomic mass is 10.3. The summed E-state index contributed by atoms with van der Waals surface area (Å²) < 4.78 is 25.9. The van der Waals surface area contributed by atoms with Crippen molar-refractivity contribution in [3.8, 4) is 0 Å². The first-order chi connectivity index (χ1) is 6.68. The lowest BCUT2D eigenvalue weighted by molar-refractivity contribution is 0.556. The molecule has 0 amide bonds. The van der Waals surface area contributed by atoms with Gasteiger partial charge >= 0.3 is 0 Å². The van der Waals surface area contributed by atoms with E-state index in [1.54, 1.807) is 0 Å². The van der Waals surface area contributed by atoms with E-state index in [0.29, 0.717) is 6.54 Å². The van der Waals surface area contributed by atoms with Gasteiger partial charge in [0.05, 0.1) is 6.20 Å². The van der Waals surface area contributed by atoms with Gasteiger partial charge in [0.25, 0.3) is 10.0 Å². The summed E-state index contributed by atoms with van der Waals surface area (Å²) in [6.45, 7) is 1.55. The molecule has 1 aliphatic heterocycles. The van der Waals surface area contributed by atoms with Crippen LogP contribution in [0.15, 0.2) is 17.3 Å². The van der Waals surface area contributed by atoms with E-state index >= 15 is 0 Å². The van der Waals surface area contributed by atoms with Gasteiger partial charge in [-0.2, -0.15) is 5.10 Å². The second-order valence-electron chi connectivity index (χ2n) is 3.23. The Hall–Kier alpha value is -0.920. The Balaban J connectivity index is 2.09. The van der Waals surface area contributed by atoms with Gasteiger partial charge in [-0.05, 0) is 19.0 Å². The topological polar surface area (TPSA) is 86.9 Å². The fourth-order valence-corrected chi connectivity index (χ4v) is 2.61. The van der Waals surface area contributed by atoms with E-state index < -0.39 is 10.0 Å². The third-order valence-electron chi connectivity index (χ3n) is 2.15. The number of aromatic nitrogens is 2. The van der Waals surface area contributed by atoms with Gasteiger partial charge in [0.2, 0.25) is 0 Å². The van der Waals surface area contributed by atoms with Gasteiger partial charge in [-0.1, -0.05) is 0 Å². The molecule has 0 radical (unpaired) electrons. The number of nitrogens with zero attached hydrogens (tertiary/aromatic N) is 1. The Morgan fingerprint density at radius 3 is 3.00 bits per heavy atom. The Morgan fingerprint density at radius 2 is 2.43 bits per heavy atom. The summed E-state index contributed by atoms with van der Waals surface area (Å²) in [7, 11) is -3.41. The monoisotopic (exact) mass is 216 g/mol. The van der Waals surface area contributed by atoms with E-state index in [-0.39, 0.29) is 11.1 Å². The summed E-state index contributed by atoms with van der Waals surface area (Å²) in [5.74, 6) is 0. The van der Waals surface area contributed by atoms with E-state index in [0.717, 1.165) is 13.0 Å². The second-order valence-corrected chi connectivity index (χ2v) is 4.91. The van der Waals surface area contributed by atoms with Crippen molar-refractivity contribution in [1.29, 1.82) is 0 Å². The molecule has 1 atom stereocenters. The fraction of sp³-hybridized carbons (Fsp3) is 0.571. The number of nitrogens with one attached hydrogen (secondary N) is 3. The van der Waals surface area contributed by atoms with Crippen molar-refractivity contribution < 1.29 is 8.42 Å². The average molecular weight is 216 g/mol. The zero-order valence-electron chi connectivity index (χ0n) is 7.53. The molecule has 14 heavy (non-hydrogen) atoms. The first kappa shape index (κ1) is 9.63. The summed E-state index contributed by atoms with van der Waals surface area (Å²) in [6.07, 6.45) is 2.24. The summed E-state index contributed by atoms with van der Waals surface area (Å²) in [5.41, 5.74) is 0. The molecule has 78 valence electrons. The first-order valence-electron chi connectivity index (χ1n) is 4.41. The number of rotatable bonds is 3. The van der Waals surface area contributed by atoms with Crippen molar-refractivity contribution in [2.75, 3.05) is 13.1 Å². The van der Waals surface area contributed by atoms with E-state index in [1.807, 2.05) is 0 Å². The molecular formula is C7H12N4O2S. The van der Waals surface area contributed by atoms with Crippen molar-refractivity contribution in [2.45, 2.75) is 17.5 Å². The number of hydrogen-bond donors (Lipinski definition) is 3. The summed E-state index contributed by atoms with van der Waals surface area (Å²) >= 11 is 0. The predicted octanol–water partition coefficient (Wildman–Crippen LogP) is -0.950. The maximum absolute atomic E-state index is 11.6. The minimum Gasteiger partial charge on any atom is -0.315 e. The molecule has 2 rings (SSSR count). The molecule has 1 unspecified atom stereocenters. The molecule has 0 spiro atoms. The van der Waals surface area contributed by atoms with E-state index in [2.05, 4.69) is 20.2 Å². The van der Waals surface area contributed by atoms with Crippen LogP contribution in [0.25, 0.3) is 0 Å². The Kier molecular flexibility index (Phi) is 2.53. The minimum absolute atomic E-state index is 0.0108. The van der Waals surface area contributed by atoms with Crippen LogP contribution in [0.1, 0.15) is 6.42 Å². The number of hydrogen-bond acceptors (Lipinski definition) is 4. The fourth-order valence-electron chi connectivity index (χ4n) is 1.43. The van der Waals surface area contributed by atoms with Gasteiger partial charge in [0.15, 0.2) is 5.03 Å². The van der Waals surface area contributed by atoms with Crippen molar-refractivity contribution >= 4 is 10.0 Å². The maximum Gasteiger partial charge on any atom is 0.257 e. The SMILES string of the molecule is O=S(=O)(NC1CCNC1)c1ccn[nH]1. The number of aromatic amines is 1. The molecule has 0 saturated carbocycles. The molecule has 1 aromatic heterocycles. The van der Waals surface area contributed by atoms with Crippen molar-refractivity contribution in [3.63, 3.8) is 0 Å². The summed E-state index contributed by atoms with van der Waals surface area (Å²) in [6, 6.07) is 1.42. The third kappa shape index (κ3) is 1.94. The van der Waals surface area contributed by atoms with Gasteiger partial charge in [-0.15, -0.1) is 0 Å². The Labute approximate surface area is 82.1 Å². The van der Waals surface area contributed by atoms with Crippen LogP contribution in [0.5, 0.6) is 0 Å². The first-order valence-corrected chi connectivity index (χ1v) is 5.89. The highest BCUT2D eigenvalue weighted by molar-refractivity contribution is 7.89. The zero-order valence-corrected chi connectivity index (χ0v) is 8.34. The number of sulfonamides is 1. The molecule has 2 heterocycles. The molecule has 7 heteroatoms. The van der Waals surface area contributed by atoms with Crippen LogP contribution in [-0.4, -0.2) is 37.7 Å². The van der Waals surface area contributed by atoms with Gasteiger partial charge in [-0.25, -0.2) is 13.1 Å².